The van der Waals surface area contributed by atoms with E-state index in [0.717, 1.165) is 23.0 Å². The largest absolute Gasteiger partial charge is 0.416 e. The minimum atomic E-state index is -4.46. The zero-order chi connectivity index (χ0) is 12.6. The van der Waals surface area contributed by atoms with E-state index >= 15 is 0 Å². The number of alkyl halides is 3. The van der Waals surface area contributed by atoms with Crippen LogP contribution in [-0.2, 0) is 6.18 Å². The number of nitrogen functional groups attached to an aromatic ring is 2. The maximum absolute atomic E-state index is 12.5. The average Bonchev–Trinajstić information content (AvgIpc) is 2.57. The average molecular weight is 244 g/mol. The van der Waals surface area contributed by atoms with Crippen LogP contribution in [0.1, 0.15) is 5.56 Å². The van der Waals surface area contributed by atoms with Crippen molar-refractivity contribution in [3.05, 3.63) is 23.9 Å². The van der Waals surface area contributed by atoms with Gasteiger partial charge < -0.3 is 11.5 Å². The van der Waals surface area contributed by atoms with Crippen LogP contribution in [0, 0.1) is 0 Å². The van der Waals surface area contributed by atoms with E-state index in [1.807, 2.05) is 0 Å². The molecule has 6 nitrogen and oxygen atoms in total. The van der Waals surface area contributed by atoms with Crippen LogP contribution in [0.2, 0.25) is 0 Å². The fourth-order valence-corrected chi connectivity index (χ4v) is 1.22. The summed E-state index contributed by atoms with van der Waals surface area (Å²) in [6.45, 7) is 0. The predicted molar refractivity (Wildman–Crippen MR) is 53.0 cm³/mol. The van der Waals surface area contributed by atoms with E-state index in [4.69, 9.17) is 11.5 Å². The van der Waals surface area contributed by atoms with Crippen molar-refractivity contribution in [1.29, 1.82) is 0 Å². The summed E-state index contributed by atoms with van der Waals surface area (Å²) < 4.78 is 38.3. The predicted octanol–water partition coefficient (Wildman–Crippen LogP) is 0.845. The Hall–Kier alpha value is -2.32. The second-order valence-corrected chi connectivity index (χ2v) is 3.14. The van der Waals surface area contributed by atoms with Gasteiger partial charge in [0.1, 0.15) is 0 Å². The molecule has 0 aromatic carbocycles. The third-order valence-electron chi connectivity index (χ3n) is 1.94. The summed E-state index contributed by atoms with van der Waals surface area (Å²) in [4.78, 5) is 7.29. The van der Waals surface area contributed by atoms with Crippen LogP contribution in [0.3, 0.4) is 0 Å². The zero-order valence-electron chi connectivity index (χ0n) is 8.31. The van der Waals surface area contributed by atoms with Crippen LogP contribution in [0.5, 0.6) is 0 Å². The van der Waals surface area contributed by atoms with Crippen molar-refractivity contribution in [2.75, 3.05) is 11.5 Å². The van der Waals surface area contributed by atoms with Gasteiger partial charge in [0.15, 0.2) is 5.82 Å². The van der Waals surface area contributed by atoms with Gasteiger partial charge in [-0.3, -0.25) is 0 Å². The Balaban J connectivity index is 2.50. The Morgan fingerprint density at radius 2 is 1.94 bits per heavy atom. The summed E-state index contributed by atoms with van der Waals surface area (Å²) in [7, 11) is 0. The molecule has 17 heavy (non-hydrogen) atoms. The Bertz CT molecular complexity index is 546. The monoisotopic (exact) mass is 244 g/mol. The molecule has 2 heterocycles. The van der Waals surface area contributed by atoms with Gasteiger partial charge in [0.2, 0.25) is 11.9 Å². The highest BCUT2D eigenvalue weighted by atomic mass is 19.4. The molecule has 0 aliphatic carbocycles. The highest BCUT2D eigenvalue weighted by molar-refractivity contribution is 5.38. The zero-order valence-corrected chi connectivity index (χ0v) is 8.31. The number of hydrogen-bond acceptors (Lipinski definition) is 5. The number of aromatic nitrogens is 4. The third kappa shape index (κ3) is 2.12. The van der Waals surface area contributed by atoms with Crippen molar-refractivity contribution in [1.82, 2.24) is 19.7 Å². The lowest BCUT2D eigenvalue weighted by molar-refractivity contribution is -0.137. The highest BCUT2D eigenvalue weighted by Gasteiger charge is 2.31. The van der Waals surface area contributed by atoms with E-state index in [1.54, 1.807) is 0 Å². The Kier molecular flexibility index (Phi) is 2.37. The fraction of sp³-hybridized carbons (Fsp3) is 0.125. The fourth-order valence-electron chi connectivity index (χ4n) is 1.22. The SMILES string of the molecule is Nc1nc(N)n(-c2cc(C(F)(F)F)ccn2)n1. The van der Waals surface area contributed by atoms with Crippen molar-refractivity contribution in [3.63, 3.8) is 0 Å². The van der Waals surface area contributed by atoms with Gasteiger partial charge in [-0.15, -0.1) is 5.10 Å². The third-order valence-corrected chi connectivity index (χ3v) is 1.94. The van der Waals surface area contributed by atoms with Crippen LogP contribution in [0.15, 0.2) is 18.3 Å². The molecule has 0 radical (unpaired) electrons. The Morgan fingerprint density at radius 3 is 2.47 bits per heavy atom. The van der Waals surface area contributed by atoms with Crippen molar-refractivity contribution >= 4 is 11.9 Å². The topological polar surface area (TPSA) is 95.6 Å². The quantitative estimate of drug-likeness (QED) is 0.775. The molecular weight excluding hydrogens is 237 g/mol. The van der Waals surface area contributed by atoms with E-state index in [2.05, 4.69) is 15.1 Å². The first-order chi connectivity index (χ1) is 7.88. The minimum Gasteiger partial charge on any atom is -0.368 e. The van der Waals surface area contributed by atoms with Gasteiger partial charge in [-0.1, -0.05) is 0 Å². The van der Waals surface area contributed by atoms with Crippen molar-refractivity contribution in [3.8, 4) is 5.82 Å². The van der Waals surface area contributed by atoms with Gasteiger partial charge >= 0.3 is 6.18 Å². The summed E-state index contributed by atoms with van der Waals surface area (Å²) >= 11 is 0. The van der Waals surface area contributed by atoms with Crippen molar-refractivity contribution in [2.45, 2.75) is 6.18 Å². The first-order valence-electron chi connectivity index (χ1n) is 4.39. The van der Waals surface area contributed by atoms with Gasteiger partial charge in [0, 0.05) is 6.20 Å². The maximum atomic E-state index is 12.5. The summed E-state index contributed by atoms with van der Waals surface area (Å²) in [5, 5.41) is 3.63. The van der Waals surface area contributed by atoms with Crippen LogP contribution in [0.25, 0.3) is 5.82 Å². The summed E-state index contributed by atoms with van der Waals surface area (Å²) in [6.07, 6.45) is -3.45. The van der Waals surface area contributed by atoms with Gasteiger partial charge in [0.25, 0.3) is 0 Å². The molecule has 2 rings (SSSR count). The lowest BCUT2D eigenvalue weighted by Crippen LogP contribution is -2.09. The molecule has 90 valence electrons. The Labute approximate surface area is 93.1 Å². The molecule has 9 heteroatoms. The molecular formula is C8H7F3N6. The molecule has 0 fully saturated rings. The molecule has 4 N–H and O–H groups in total. The van der Waals surface area contributed by atoms with Crippen molar-refractivity contribution < 1.29 is 13.2 Å². The van der Waals surface area contributed by atoms with E-state index in [0.29, 0.717) is 0 Å². The molecule has 0 bridgehead atoms. The molecule has 0 unspecified atom stereocenters. The molecule has 0 saturated heterocycles. The standard InChI is InChI=1S/C8H7F3N6/c9-8(10,11)4-1-2-14-5(3-4)17-7(13)15-6(12)16-17/h1-3H,(H4,12,13,15,16). The van der Waals surface area contributed by atoms with Crippen LogP contribution < -0.4 is 11.5 Å². The lowest BCUT2D eigenvalue weighted by atomic mass is 10.2. The second-order valence-electron chi connectivity index (χ2n) is 3.14. The number of pyridine rings is 1. The normalized spacial score (nSPS) is 11.7. The first-order valence-corrected chi connectivity index (χ1v) is 4.39. The van der Waals surface area contributed by atoms with Crippen LogP contribution in [-0.4, -0.2) is 19.7 Å². The van der Waals surface area contributed by atoms with Crippen molar-refractivity contribution in [2.24, 2.45) is 0 Å². The van der Waals surface area contributed by atoms with Crippen LogP contribution >= 0.6 is 0 Å². The summed E-state index contributed by atoms with van der Waals surface area (Å²) in [5.74, 6) is -0.363. The lowest BCUT2D eigenvalue weighted by Gasteiger charge is -2.07. The minimum absolute atomic E-state index is 0.0958. The molecule has 0 atom stereocenters. The molecule has 0 spiro atoms. The Morgan fingerprint density at radius 1 is 1.24 bits per heavy atom. The molecule has 2 aromatic heterocycles. The van der Waals surface area contributed by atoms with Gasteiger partial charge in [-0.2, -0.15) is 22.8 Å². The van der Waals surface area contributed by atoms with Gasteiger partial charge in [0.05, 0.1) is 5.56 Å². The number of hydrogen-bond donors (Lipinski definition) is 2. The van der Waals surface area contributed by atoms with Gasteiger partial charge in [-0.05, 0) is 12.1 Å². The van der Waals surface area contributed by atoms with Gasteiger partial charge in [-0.25, -0.2) is 4.98 Å². The smallest absolute Gasteiger partial charge is 0.368 e. The van der Waals surface area contributed by atoms with E-state index in [9.17, 15) is 13.2 Å². The number of nitrogens with zero attached hydrogens (tertiary/aromatic N) is 4. The molecule has 0 amide bonds. The number of halogens is 3. The molecule has 0 saturated carbocycles. The summed E-state index contributed by atoms with van der Waals surface area (Å²) in [5.41, 5.74) is 9.84. The highest BCUT2D eigenvalue weighted by Crippen LogP contribution is 2.29. The van der Waals surface area contributed by atoms with Crippen LogP contribution in [0.4, 0.5) is 25.1 Å². The number of nitrogens with two attached hydrogens (primary N) is 2. The van der Waals surface area contributed by atoms with E-state index < -0.39 is 11.7 Å². The molecule has 2 aromatic rings. The molecule has 0 aliphatic rings. The maximum Gasteiger partial charge on any atom is 0.416 e. The molecule has 0 aliphatic heterocycles. The first kappa shape index (κ1) is 11.2. The number of anilines is 2. The second kappa shape index (κ2) is 3.61. The summed E-state index contributed by atoms with van der Waals surface area (Å²) in [6, 6.07) is 1.66. The van der Waals surface area contributed by atoms with E-state index in [-0.39, 0.29) is 17.7 Å². The van der Waals surface area contributed by atoms with E-state index in [1.165, 1.54) is 0 Å². The number of rotatable bonds is 1.